The van der Waals surface area contributed by atoms with Crippen molar-refractivity contribution in [3.05, 3.63) is 95.7 Å². The number of benzene rings is 2. The first kappa shape index (κ1) is 21.3. The van der Waals surface area contributed by atoms with Gasteiger partial charge in [-0.15, -0.1) is 0 Å². The highest BCUT2D eigenvalue weighted by Gasteiger charge is 2.30. The lowest BCUT2D eigenvalue weighted by atomic mass is 10.0. The molecule has 1 aliphatic heterocycles. The summed E-state index contributed by atoms with van der Waals surface area (Å²) in [6.45, 7) is -0.704. The highest BCUT2D eigenvalue weighted by molar-refractivity contribution is 5.96. The van der Waals surface area contributed by atoms with Crippen LogP contribution in [0.4, 0.5) is 4.39 Å². The number of hydrogen-bond acceptors (Lipinski definition) is 5. The van der Waals surface area contributed by atoms with Gasteiger partial charge in [-0.3, -0.25) is 4.79 Å². The second kappa shape index (κ2) is 9.84. The number of rotatable bonds is 8. The van der Waals surface area contributed by atoms with E-state index in [9.17, 15) is 14.3 Å². The fourth-order valence-corrected chi connectivity index (χ4v) is 2.96. The molecule has 1 aliphatic rings. The Morgan fingerprint density at radius 1 is 1.20 bits per heavy atom. The largest absolute Gasteiger partial charge is 0.383 e. The van der Waals surface area contributed by atoms with Gasteiger partial charge in [-0.1, -0.05) is 65.8 Å². The average Bonchev–Trinajstić information content (AvgIpc) is 2.78. The number of hydrogen-bond donors (Lipinski definition) is 2. The van der Waals surface area contributed by atoms with E-state index < -0.39 is 24.4 Å². The van der Waals surface area contributed by atoms with Crippen LogP contribution in [0.1, 0.15) is 17.2 Å². The number of carbonyl (C=O) groups excluding carboxylic acids is 1. The number of likely N-dealkylation sites (N-methyl/N-ethyl adjacent to an activating group) is 1. The van der Waals surface area contributed by atoms with Gasteiger partial charge in [-0.2, -0.15) is 0 Å². The molecule has 2 aromatic carbocycles. The Morgan fingerprint density at radius 3 is 2.33 bits per heavy atom. The molecule has 0 aromatic heterocycles. The van der Waals surface area contributed by atoms with Gasteiger partial charge in [0, 0.05) is 19.8 Å². The van der Waals surface area contributed by atoms with Crippen LogP contribution in [0.2, 0.25) is 0 Å². The molecule has 1 unspecified atom stereocenters. The third-order valence-corrected chi connectivity index (χ3v) is 4.66. The topological polar surface area (TPSA) is 74.2 Å². The molecule has 6 nitrogen and oxygen atoms in total. The predicted octanol–water partition coefficient (Wildman–Crippen LogP) is 2.94. The number of oxime groups is 1. The van der Waals surface area contributed by atoms with Gasteiger partial charge in [0.05, 0.1) is 5.57 Å². The molecule has 0 saturated carbocycles. The van der Waals surface area contributed by atoms with Crippen LogP contribution < -0.4 is 5.32 Å². The van der Waals surface area contributed by atoms with Crippen LogP contribution >= 0.6 is 0 Å². The van der Waals surface area contributed by atoms with E-state index in [1.54, 1.807) is 7.05 Å². The Kier molecular flexibility index (Phi) is 6.98. The molecule has 156 valence electrons. The van der Waals surface area contributed by atoms with Crippen LogP contribution in [0.15, 0.2) is 89.7 Å². The molecular formula is C23H24FN3O3. The number of amides is 1. The molecule has 0 spiro atoms. The van der Waals surface area contributed by atoms with Crippen LogP contribution in [0.3, 0.4) is 0 Å². The number of aliphatic hydroxyl groups is 1. The maximum Gasteiger partial charge on any atom is 0.252 e. The zero-order valence-electron chi connectivity index (χ0n) is 16.6. The van der Waals surface area contributed by atoms with Gasteiger partial charge in [0.1, 0.15) is 12.9 Å². The second-order valence-electron chi connectivity index (χ2n) is 6.80. The quantitative estimate of drug-likeness (QED) is 0.519. The van der Waals surface area contributed by atoms with Crippen LogP contribution in [0.5, 0.6) is 0 Å². The monoisotopic (exact) mass is 409 g/mol. The summed E-state index contributed by atoms with van der Waals surface area (Å²) < 4.78 is 12.2. The summed E-state index contributed by atoms with van der Waals surface area (Å²) in [5.41, 5.74) is 0.581. The number of carbonyl (C=O) groups is 1. The maximum absolute atomic E-state index is 12.2. The summed E-state index contributed by atoms with van der Waals surface area (Å²) in [5, 5.41) is 17.3. The Bertz CT molecular complexity index is 892. The molecule has 30 heavy (non-hydrogen) atoms. The number of nitrogens with one attached hydrogen (secondary N) is 1. The van der Waals surface area contributed by atoms with E-state index in [1.807, 2.05) is 60.7 Å². The highest BCUT2D eigenvalue weighted by Crippen LogP contribution is 2.26. The summed E-state index contributed by atoms with van der Waals surface area (Å²) in [5.74, 6) is -0.417. The minimum atomic E-state index is -1.57. The van der Waals surface area contributed by atoms with Gasteiger partial charge in [-0.05, 0) is 23.3 Å². The van der Waals surface area contributed by atoms with E-state index in [0.29, 0.717) is 5.57 Å². The molecule has 0 bridgehead atoms. The normalized spacial score (nSPS) is 18.5. The van der Waals surface area contributed by atoms with E-state index in [1.165, 1.54) is 29.5 Å². The van der Waals surface area contributed by atoms with Crippen LogP contribution in [0, 0.1) is 0 Å². The minimum Gasteiger partial charge on any atom is -0.383 e. The smallest absolute Gasteiger partial charge is 0.252 e. The van der Waals surface area contributed by atoms with E-state index in [0.717, 1.165) is 11.1 Å². The Labute approximate surface area is 175 Å². The molecule has 7 heteroatoms. The van der Waals surface area contributed by atoms with E-state index in [4.69, 9.17) is 4.84 Å². The second-order valence-corrected chi connectivity index (χ2v) is 6.80. The molecular weight excluding hydrogens is 385 g/mol. The zero-order valence-corrected chi connectivity index (χ0v) is 16.6. The van der Waals surface area contributed by atoms with E-state index >= 15 is 0 Å². The van der Waals surface area contributed by atoms with Crippen molar-refractivity contribution in [1.29, 1.82) is 0 Å². The fourth-order valence-electron chi connectivity index (χ4n) is 2.96. The molecule has 2 aromatic rings. The summed E-state index contributed by atoms with van der Waals surface area (Å²) in [6, 6.07) is 19.3. The van der Waals surface area contributed by atoms with E-state index in [-0.39, 0.29) is 6.54 Å². The fraction of sp³-hybridized carbons (Fsp3) is 0.217. The molecule has 0 fully saturated rings. The van der Waals surface area contributed by atoms with Crippen molar-refractivity contribution in [3.63, 3.8) is 0 Å². The van der Waals surface area contributed by atoms with Gasteiger partial charge < -0.3 is 20.2 Å². The van der Waals surface area contributed by atoms with Crippen molar-refractivity contribution in [1.82, 2.24) is 10.2 Å². The van der Waals surface area contributed by atoms with E-state index in [2.05, 4.69) is 10.5 Å². The van der Waals surface area contributed by atoms with Gasteiger partial charge in [0.25, 0.3) is 5.91 Å². The third kappa shape index (κ3) is 5.12. The molecule has 0 radical (unpaired) electrons. The van der Waals surface area contributed by atoms with Crippen molar-refractivity contribution >= 4 is 12.1 Å². The van der Waals surface area contributed by atoms with Gasteiger partial charge >= 0.3 is 0 Å². The SMILES string of the molecule is CN1C=C(C(=O)NCCF)C=CC1(O)C=NOC(c1ccccc1)c1ccccc1. The minimum absolute atomic E-state index is 0.0619. The first-order valence-corrected chi connectivity index (χ1v) is 9.54. The summed E-state index contributed by atoms with van der Waals surface area (Å²) in [6.07, 6.45) is 5.17. The van der Waals surface area contributed by atoms with Crippen molar-refractivity contribution in [2.75, 3.05) is 20.3 Å². The lowest BCUT2D eigenvalue weighted by Gasteiger charge is -2.33. The van der Waals surface area contributed by atoms with Crippen LogP contribution in [-0.4, -0.2) is 48.1 Å². The van der Waals surface area contributed by atoms with Crippen molar-refractivity contribution < 1.29 is 19.1 Å². The average molecular weight is 409 g/mol. The molecule has 1 atom stereocenters. The van der Waals surface area contributed by atoms with Crippen molar-refractivity contribution in [2.24, 2.45) is 5.16 Å². The van der Waals surface area contributed by atoms with Crippen molar-refractivity contribution in [2.45, 2.75) is 11.8 Å². The Morgan fingerprint density at radius 2 is 1.80 bits per heavy atom. The molecule has 0 saturated heterocycles. The number of halogens is 1. The molecule has 3 rings (SSSR count). The molecule has 0 aliphatic carbocycles. The number of nitrogens with zero attached hydrogens (tertiary/aromatic N) is 2. The molecule has 1 heterocycles. The maximum atomic E-state index is 12.2. The lowest BCUT2D eigenvalue weighted by molar-refractivity contribution is -0.117. The van der Waals surface area contributed by atoms with Crippen molar-refractivity contribution in [3.8, 4) is 0 Å². The first-order valence-electron chi connectivity index (χ1n) is 9.54. The zero-order chi connectivity index (χ0) is 21.4. The number of alkyl halides is 1. The van der Waals surface area contributed by atoms with Crippen LogP contribution in [-0.2, 0) is 9.63 Å². The Hall–Kier alpha value is -3.45. The predicted molar refractivity (Wildman–Crippen MR) is 113 cm³/mol. The lowest BCUT2D eigenvalue weighted by Crippen LogP contribution is -2.45. The molecule has 1 amide bonds. The molecule has 2 N–H and O–H groups in total. The summed E-state index contributed by atoms with van der Waals surface area (Å²) in [7, 11) is 1.60. The summed E-state index contributed by atoms with van der Waals surface area (Å²) in [4.78, 5) is 19.2. The summed E-state index contributed by atoms with van der Waals surface area (Å²) >= 11 is 0. The highest BCUT2D eigenvalue weighted by atomic mass is 19.1. The van der Waals surface area contributed by atoms with Crippen LogP contribution in [0.25, 0.3) is 0 Å². The van der Waals surface area contributed by atoms with Gasteiger partial charge in [0.2, 0.25) is 0 Å². The first-order chi connectivity index (χ1) is 14.5. The third-order valence-electron chi connectivity index (χ3n) is 4.66. The Balaban J connectivity index is 1.73. The van der Waals surface area contributed by atoms with Gasteiger partial charge in [0.15, 0.2) is 11.8 Å². The standard InChI is InChI=1S/C23H24FN3O3/c1-27-16-20(22(28)25-15-14-24)12-13-23(27,29)17-26-30-21(18-8-4-2-5-9-18)19-10-6-3-7-11-19/h2-13,16-17,21,29H,14-15H2,1H3,(H,25,28). The van der Waals surface area contributed by atoms with Gasteiger partial charge in [-0.25, -0.2) is 4.39 Å².